The second-order valence-electron chi connectivity index (χ2n) is 8.35. The summed E-state index contributed by atoms with van der Waals surface area (Å²) in [5, 5.41) is 0.665. The molecule has 4 aromatic rings. The van der Waals surface area contributed by atoms with Gasteiger partial charge >= 0.3 is 0 Å². The fraction of sp³-hybridized carbons (Fsp3) is 0.192. The average molecular weight is 523 g/mol. The van der Waals surface area contributed by atoms with Gasteiger partial charge in [-0.05, 0) is 42.8 Å². The van der Waals surface area contributed by atoms with E-state index in [-0.39, 0.29) is 16.5 Å². The molecule has 1 amide bonds. The minimum atomic E-state index is -0.507. The monoisotopic (exact) mass is 522 g/mol. The number of carbonyl (C=O) groups is 1. The number of hydrogen-bond donors (Lipinski definition) is 0. The summed E-state index contributed by atoms with van der Waals surface area (Å²) in [7, 11) is 0. The highest BCUT2D eigenvalue weighted by Crippen LogP contribution is 2.36. The summed E-state index contributed by atoms with van der Waals surface area (Å²) >= 11 is 12.4. The van der Waals surface area contributed by atoms with E-state index >= 15 is 0 Å². The van der Waals surface area contributed by atoms with Gasteiger partial charge in [0.15, 0.2) is 0 Å². The fourth-order valence-corrected chi connectivity index (χ4v) is 4.53. The number of rotatable bonds is 4. The molecule has 4 heterocycles. The van der Waals surface area contributed by atoms with E-state index in [0.717, 1.165) is 5.56 Å². The second-order valence-corrected chi connectivity index (χ2v) is 9.20. The van der Waals surface area contributed by atoms with Gasteiger partial charge in [-0.1, -0.05) is 29.3 Å². The van der Waals surface area contributed by atoms with Gasteiger partial charge in [0.1, 0.15) is 23.0 Å². The summed E-state index contributed by atoms with van der Waals surface area (Å²) < 4.78 is 14.8. The van der Waals surface area contributed by atoms with Crippen LogP contribution < -0.4 is 4.90 Å². The zero-order valence-electron chi connectivity index (χ0n) is 19.3. The Labute approximate surface area is 217 Å². The Kier molecular flexibility index (Phi) is 6.80. The van der Waals surface area contributed by atoms with Gasteiger partial charge in [-0.3, -0.25) is 14.8 Å². The predicted octanol–water partition coefficient (Wildman–Crippen LogP) is 5.32. The van der Waals surface area contributed by atoms with E-state index in [4.69, 9.17) is 28.2 Å². The van der Waals surface area contributed by atoms with Gasteiger partial charge in [0.25, 0.3) is 5.91 Å². The molecule has 0 spiro atoms. The standard InChI is InChI=1S/C26H21Cl2FN6O/c1-16-3-2-7-31-23(16)26(36)35-11-9-34(10-12-35)22-15-32-24(19-5-4-17(27)13-21(19)29)25(33-22)18-6-8-30-14-20(18)28/h2-8,13-15H,9-12H2,1H3. The van der Waals surface area contributed by atoms with E-state index in [9.17, 15) is 9.18 Å². The number of aryl methyl sites for hydroxylation is 1. The van der Waals surface area contributed by atoms with Crippen molar-refractivity contribution in [2.75, 3.05) is 31.1 Å². The number of carbonyl (C=O) groups excluding carboxylic acids is 1. The Balaban J connectivity index is 1.45. The maximum Gasteiger partial charge on any atom is 0.272 e. The molecule has 7 nitrogen and oxygen atoms in total. The number of aromatic nitrogens is 4. The van der Waals surface area contributed by atoms with Crippen molar-refractivity contribution < 1.29 is 9.18 Å². The molecular weight excluding hydrogens is 502 g/mol. The third-order valence-electron chi connectivity index (χ3n) is 6.08. The van der Waals surface area contributed by atoms with Crippen molar-refractivity contribution in [1.82, 2.24) is 24.8 Å². The maximum atomic E-state index is 14.8. The molecule has 0 atom stereocenters. The molecule has 1 saturated heterocycles. The minimum Gasteiger partial charge on any atom is -0.352 e. The zero-order chi connectivity index (χ0) is 25.2. The van der Waals surface area contributed by atoms with Crippen LogP contribution in [0, 0.1) is 12.7 Å². The van der Waals surface area contributed by atoms with Crippen LogP contribution in [0.2, 0.25) is 10.0 Å². The number of halogens is 3. The summed E-state index contributed by atoms with van der Waals surface area (Å²) in [4.78, 5) is 34.5. The Hall–Kier alpha value is -3.62. The van der Waals surface area contributed by atoms with Gasteiger partial charge in [-0.15, -0.1) is 0 Å². The van der Waals surface area contributed by atoms with Crippen molar-refractivity contribution in [3.63, 3.8) is 0 Å². The molecule has 1 fully saturated rings. The van der Waals surface area contributed by atoms with Crippen LogP contribution in [-0.2, 0) is 0 Å². The number of amides is 1. The summed E-state index contributed by atoms with van der Waals surface area (Å²) in [5.41, 5.74) is 2.95. The Morgan fingerprint density at radius 3 is 2.47 bits per heavy atom. The van der Waals surface area contributed by atoms with Crippen molar-refractivity contribution in [3.05, 3.63) is 88.3 Å². The van der Waals surface area contributed by atoms with Crippen LogP contribution in [0.5, 0.6) is 0 Å². The molecule has 36 heavy (non-hydrogen) atoms. The third-order valence-corrected chi connectivity index (χ3v) is 6.61. The normalized spacial score (nSPS) is 13.7. The van der Waals surface area contributed by atoms with Gasteiger partial charge in [-0.2, -0.15) is 0 Å². The van der Waals surface area contributed by atoms with E-state index < -0.39 is 5.82 Å². The smallest absolute Gasteiger partial charge is 0.272 e. The van der Waals surface area contributed by atoms with Crippen LogP contribution in [0.4, 0.5) is 10.2 Å². The first kappa shape index (κ1) is 24.1. The molecule has 1 aliphatic heterocycles. The summed E-state index contributed by atoms with van der Waals surface area (Å²) in [5.74, 6) is 0.0155. The van der Waals surface area contributed by atoms with E-state index in [0.29, 0.717) is 59.7 Å². The molecule has 0 aliphatic carbocycles. The van der Waals surface area contributed by atoms with Crippen LogP contribution in [-0.4, -0.2) is 56.9 Å². The first-order chi connectivity index (χ1) is 17.4. The quantitative estimate of drug-likeness (QED) is 0.361. The zero-order valence-corrected chi connectivity index (χ0v) is 20.8. The minimum absolute atomic E-state index is 0.0864. The number of nitrogens with zero attached hydrogens (tertiary/aromatic N) is 6. The lowest BCUT2D eigenvalue weighted by Crippen LogP contribution is -2.49. The largest absolute Gasteiger partial charge is 0.352 e. The molecule has 5 rings (SSSR count). The maximum absolute atomic E-state index is 14.8. The second kappa shape index (κ2) is 10.2. The highest BCUT2D eigenvalue weighted by Gasteiger charge is 2.26. The van der Waals surface area contributed by atoms with E-state index in [1.807, 2.05) is 24.0 Å². The first-order valence-electron chi connectivity index (χ1n) is 11.3. The molecule has 0 N–H and O–H groups in total. The molecule has 10 heteroatoms. The van der Waals surface area contributed by atoms with Crippen LogP contribution in [0.1, 0.15) is 16.1 Å². The molecular formula is C26H21Cl2FN6O. The number of pyridine rings is 2. The fourth-order valence-electron chi connectivity index (χ4n) is 4.16. The SMILES string of the molecule is Cc1cccnc1C(=O)N1CCN(c2cnc(-c3ccc(Cl)cc3F)c(-c3ccncc3Cl)n2)CC1. The van der Waals surface area contributed by atoms with Gasteiger partial charge in [0.2, 0.25) is 0 Å². The average Bonchev–Trinajstić information content (AvgIpc) is 2.89. The number of piperazine rings is 1. The van der Waals surface area contributed by atoms with Crippen LogP contribution in [0.25, 0.3) is 22.5 Å². The molecule has 0 radical (unpaired) electrons. The molecule has 0 saturated carbocycles. The van der Waals surface area contributed by atoms with Gasteiger partial charge < -0.3 is 9.80 Å². The summed E-state index contributed by atoms with van der Waals surface area (Å²) in [6.07, 6.45) is 6.35. The lowest BCUT2D eigenvalue weighted by atomic mass is 10.0. The molecule has 0 bridgehead atoms. The summed E-state index contributed by atoms with van der Waals surface area (Å²) in [6.45, 7) is 4.02. The number of hydrogen-bond acceptors (Lipinski definition) is 6. The van der Waals surface area contributed by atoms with Crippen LogP contribution in [0.3, 0.4) is 0 Å². The summed E-state index contributed by atoms with van der Waals surface area (Å²) in [6, 6.07) is 9.83. The van der Waals surface area contributed by atoms with Gasteiger partial charge in [0.05, 0.1) is 16.9 Å². The van der Waals surface area contributed by atoms with Crippen LogP contribution >= 0.6 is 23.2 Å². The molecule has 1 aliphatic rings. The third kappa shape index (κ3) is 4.74. The Morgan fingerprint density at radius 2 is 1.75 bits per heavy atom. The van der Waals surface area contributed by atoms with Gasteiger partial charge in [0, 0.05) is 60.9 Å². The van der Waals surface area contributed by atoms with Crippen molar-refractivity contribution in [2.45, 2.75) is 6.92 Å². The van der Waals surface area contributed by atoms with E-state index in [2.05, 4.69) is 15.0 Å². The molecule has 0 unspecified atom stereocenters. The molecule has 1 aromatic carbocycles. The van der Waals surface area contributed by atoms with Crippen LogP contribution in [0.15, 0.2) is 61.2 Å². The number of benzene rings is 1. The Bertz CT molecular complexity index is 1440. The molecule has 3 aromatic heterocycles. The molecule has 182 valence electrons. The lowest BCUT2D eigenvalue weighted by Gasteiger charge is -2.35. The van der Waals surface area contributed by atoms with E-state index in [1.165, 1.54) is 12.3 Å². The van der Waals surface area contributed by atoms with Crippen molar-refractivity contribution in [3.8, 4) is 22.5 Å². The number of anilines is 1. The highest BCUT2D eigenvalue weighted by molar-refractivity contribution is 6.33. The highest BCUT2D eigenvalue weighted by atomic mass is 35.5. The van der Waals surface area contributed by atoms with Crippen molar-refractivity contribution >= 4 is 34.9 Å². The van der Waals surface area contributed by atoms with Gasteiger partial charge in [-0.25, -0.2) is 14.4 Å². The lowest BCUT2D eigenvalue weighted by molar-refractivity contribution is 0.0740. The topological polar surface area (TPSA) is 75.1 Å². The predicted molar refractivity (Wildman–Crippen MR) is 138 cm³/mol. The van der Waals surface area contributed by atoms with E-state index in [1.54, 1.807) is 41.7 Å². The Morgan fingerprint density at radius 1 is 0.944 bits per heavy atom. The van der Waals surface area contributed by atoms with Crippen molar-refractivity contribution in [2.24, 2.45) is 0 Å². The van der Waals surface area contributed by atoms with Crippen molar-refractivity contribution in [1.29, 1.82) is 0 Å². The first-order valence-corrected chi connectivity index (χ1v) is 12.1.